The first-order chi connectivity index (χ1) is 46.6. The van der Waals surface area contributed by atoms with E-state index in [0.717, 1.165) is 0 Å². The highest BCUT2D eigenvalue weighted by atomic mass is 32.7. The summed E-state index contributed by atoms with van der Waals surface area (Å²) in [4.78, 5) is 12.1. The first-order valence-electron chi connectivity index (χ1n) is 33.1. The average Bonchev–Trinajstić information content (AvgIpc) is 1.81. The number of nitrogens with two attached hydrogens (primary N) is 1. The molecule has 0 fully saturated rings. The Balaban J connectivity index is 3.13. The molecule has 0 radical (unpaired) electrons. The Bertz CT molecular complexity index is 1400. The minimum Gasteiger partial charge on any atom is -0.379 e. The zero-order valence-corrected chi connectivity index (χ0v) is 59.2. The lowest BCUT2D eigenvalue weighted by Crippen LogP contribution is -2.16. The van der Waals surface area contributed by atoms with Gasteiger partial charge >= 0.3 is 7.15 Å². The Morgan fingerprint density at radius 1 is 0.234 bits per heavy atom. The van der Waals surface area contributed by atoms with Crippen LogP contribution in [0.2, 0.25) is 0 Å². The van der Waals surface area contributed by atoms with Gasteiger partial charge in [-0.15, -0.1) is 0 Å². The SMILES string of the molecule is CO[P+](OC)(OCCOCCOCCCC(=O)CCOCCOCCOCCOCCOCCOCCOCCOCCOCCOCCOCCOCCOCCOCCOCCOCCOCCOCCOCCOCCOCCOCCOCCOCCN)SC. The summed E-state index contributed by atoms with van der Waals surface area (Å²) in [5.41, 5.74) is 5.35. The van der Waals surface area contributed by atoms with Crippen LogP contribution in [0, 0.1) is 0 Å². The number of ketones is 1. The molecular formula is C61H125NO30PS+. The molecule has 564 valence electrons. The van der Waals surface area contributed by atoms with Crippen molar-refractivity contribution in [2.75, 3.05) is 377 Å². The molecule has 0 unspecified atom stereocenters. The standard InChI is InChI=1S/C61H125NO30PS/c1-64-93(65-2,94-3)92-60-59-91-14-11-66-8-4-5-61(63)6-9-67-12-15-69-17-19-71-21-23-73-25-27-75-29-31-77-33-35-79-37-39-81-41-43-83-45-47-85-49-51-87-53-55-89-57-58-90-56-54-88-52-50-86-48-46-84-44-42-82-40-38-80-36-34-78-32-30-76-28-26-74-24-22-72-20-18-70-16-13-68-10-7-62/h4-60,62H2,1-3H3/q+1. The maximum Gasteiger partial charge on any atom is 0.480 e. The Labute approximate surface area is 566 Å². The molecule has 0 aliphatic heterocycles. The first kappa shape index (κ1) is 93.2. The summed E-state index contributed by atoms with van der Waals surface area (Å²) in [6, 6.07) is 0. The van der Waals surface area contributed by atoms with E-state index in [1.165, 1.54) is 11.4 Å². The van der Waals surface area contributed by atoms with Gasteiger partial charge in [0.05, 0.1) is 351 Å². The van der Waals surface area contributed by atoms with Crippen LogP contribution in [0.25, 0.3) is 0 Å². The van der Waals surface area contributed by atoms with E-state index in [9.17, 15) is 4.79 Å². The molecule has 2 N–H and O–H groups in total. The number of hydrogen-bond donors (Lipinski definition) is 1. The summed E-state index contributed by atoms with van der Waals surface area (Å²) in [6.45, 7) is 25.8. The first-order valence-corrected chi connectivity index (χ1v) is 36.4. The molecule has 0 aliphatic rings. The average molecular weight is 1420 g/mol. The molecule has 0 aromatic heterocycles. The summed E-state index contributed by atoms with van der Waals surface area (Å²) in [7, 11) is 0.805. The summed E-state index contributed by atoms with van der Waals surface area (Å²) in [5, 5.41) is 0. The number of carbonyl (C=O) groups excluding carboxylic acids is 1. The van der Waals surface area contributed by atoms with Crippen LogP contribution in [0.5, 0.6) is 0 Å². The zero-order valence-electron chi connectivity index (χ0n) is 57.5. The summed E-state index contributed by atoms with van der Waals surface area (Å²) < 4.78 is 159. The fourth-order valence-corrected chi connectivity index (χ4v) is 9.33. The van der Waals surface area contributed by atoms with Crippen LogP contribution in [0.3, 0.4) is 0 Å². The molecule has 0 aliphatic carbocycles. The van der Waals surface area contributed by atoms with Crippen molar-refractivity contribution in [1.82, 2.24) is 0 Å². The Morgan fingerprint density at radius 3 is 0.564 bits per heavy atom. The molecule has 0 saturated carbocycles. The second-order valence-corrected chi connectivity index (χ2v) is 23.6. The van der Waals surface area contributed by atoms with Crippen molar-refractivity contribution < 1.29 is 142 Å². The molecular weight excluding hydrogens is 1290 g/mol. The van der Waals surface area contributed by atoms with Gasteiger partial charge in [-0.1, -0.05) is 0 Å². The van der Waals surface area contributed by atoms with Crippen LogP contribution in [-0.2, 0) is 142 Å². The maximum absolute atomic E-state index is 12.1. The van der Waals surface area contributed by atoms with Gasteiger partial charge in [-0.2, -0.15) is 13.6 Å². The highest BCUT2D eigenvalue weighted by molar-refractivity contribution is 8.57. The summed E-state index contributed by atoms with van der Waals surface area (Å²) in [6.07, 6.45) is 3.37. The normalized spacial score (nSPS) is 12.0. The van der Waals surface area contributed by atoms with Crippen LogP contribution in [0.1, 0.15) is 19.3 Å². The van der Waals surface area contributed by atoms with E-state index in [-0.39, 0.29) is 5.78 Å². The van der Waals surface area contributed by atoms with Crippen molar-refractivity contribution in [3.8, 4) is 0 Å². The lowest BCUT2D eigenvalue weighted by Gasteiger charge is -2.15. The molecule has 0 bridgehead atoms. The summed E-state index contributed by atoms with van der Waals surface area (Å²) in [5.74, 6) is 0.147. The van der Waals surface area contributed by atoms with Crippen LogP contribution in [0.15, 0.2) is 0 Å². The molecule has 33 heteroatoms. The van der Waals surface area contributed by atoms with E-state index in [4.69, 9.17) is 142 Å². The lowest BCUT2D eigenvalue weighted by atomic mass is 10.2. The fourth-order valence-electron chi connectivity index (χ4n) is 6.84. The molecule has 0 saturated heterocycles. The van der Waals surface area contributed by atoms with Crippen molar-refractivity contribution >= 4 is 24.3 Å². The largest absolute Gasteiger partial charge is 0.480 e. The minimum absolute atomic E-state index is 0.147. The molecule has 0 spiro atoms. The number of rotatable bonds is 88. The van der Waals surface area contributed by atoms with Gasteiger partial charge in [0.15, 0.2) is 0 Å². The third-order valence-electron chi connectivity index (χ3n) is 11.6. The van der Waals surface area contributed by atoms with E-state index < -0.39 is 7.15 Å². The highest BCUT2D eigenvalue weighted by Crippen LogP contribution is 2.70. The molecule has 0 heterocycles. The van der Waals surface area contributed by atoms with Gasteiger partial charge < -0.3 is 129 Å². The molecule has 0 rings (SSSR count). The van der Waals surface area contributed by atoms with Crippen LogP contribution < -0.4 is 5.73 Å². The van der Waals surface area contributed by atoms with Gasteiger partial charge in [0.1, 0.15) is 23.8 Å². The van der Waals surface area contributed by atoms with Gasteiger partial charge in [-0.3, -0.25) is 4.79 Å². The van der Waals surface area contributed by atoms with Crippen LogP contribution in [-0.4, -0.2) is 383 Å². The van der Waals surface area contributed by atoms with Crippen molar-refractivity contribution in [2.45, 2.75) is 19.3 Å². The van der Waals surface area contributed by atoms with Crippen molar-refractivity contribution in [2.24, 2.45) is 5.73 Å². The topological polar surface area (TPSA) is 311 Å². The van der Waals surface area contributed by atoms with E-state index in [1.807, 2.05) is 6.26 Å². The third-order valence-corrected chi connectivity index (χ3v) is 16.0. The van der Waals surface area contributed by atoms with Gasteiger partial charge in [-0.05, 0) is 6.42 Å². The van der Waals surface area contributed by atoms with Crippen molar-refractivity contribution in [3.63, 3.8) is 0 Å². The Morgan fingerprint density at radius 2 is 0.394 bits per heavy atom. The third kappa shape index (κ3) is 78.6. The number of carbonyl (C=O) groups is 1. The van der Waals surface area contributed by atoms with Crippen LogP contribution in [0.4, 0.5) is 0 Å². The lowest BCUT2D eigenvalue weighted by molar-refractivity contribution is -0.120. The van der Waals surface area contributed by atoms with E-state index in [0.29, 0.717) is 376 Å². The van der Waals surface area contributed by atoms with E-state index in [2.05, 4.69) is 0 Å². The smallest absolute Gasteiger partial charge is 0.379 e. The van der Waals surface area contributed by atoms with Gasteiger partial charge in [0.25, 0.3) is 0 Å². The van der Waals surface area contributed by atoms with E-state index >= 15 is 0 Å². The second-order valence-electron chi connectivity index (χ2n) is 18.9. The maximum atomic E-state index is 12.1. The van der Waals surface area contributed by atoms with Crippen LogP contribution >= 0.6 is 18.5 Å². The van der Waals surface area contributed by atoms with Gasteiger partial charge in [0, 0.05) is 32.2 Å². The molecule has 0 aromatic rings. The molecule has 31 nitrogen and oxygen atoms in total. The number of ether oxygens (including phenoxy) is 26. The minimum atomic E-state index is -2.33. The Kier molecular flexibility index (Phi) is 84.0. The number of Topliss-reactive ketones (excluding diaryl/α,β-unsaturated/α-hetero) is 1. The predicted octanol–water partition coefficient (Wildman–Crippen LogP) is 2.47. The summed E-state index contributed by atoms with van der Waals surface area (Å²) >= 11 is 1.42. The van der Waals surface area contributed by atoms with Gasteiger partial charge in [0.2, 0.25) is 0 Å². The van der Waals surface area contributed by atoms with Crippen molar-refractivity contribution in [3.05, 3.63) is 0 Å². The van der Waals surface area contributed by atoms with Crippen molar-refractivity contribution in [1.29, 1.82) is 0 Å². The fraction of sp³-hybridized carbons (Fsp3) is 0.984. The second kappa shape index (κ2) is 84.7. The Hall–Kier alpha value is -0.750. The van der Waals surface area contributed by atoms with Gasteiger partial charge in [-0.25, -0.2) is 0 Å². The molecule has 0 atom stereocenters. The zero-order chi connectivity index (χ0) is 67.6. The quantitative estimate of drug-likeness (QED) is 0.0675. The highest BCUT2D eigenvalue weighted by Gasteiger charge is 2.43. The molecule has 0 amide bonds. The monoisotopic (exact) mass is 1410 g/mol. The van der Waals surface area contributed by atoms with E-state index in [1.54, 1.807) is 14.2 Å². The molecule has 94 heavy (non-hydrogen) atoms. The molecule has 0 aromatic carbocycles. The predicted molar refractivity (Wildman–Crippen MR) is 350 cm³/mol. The number of hydrogen-bond acceptors (Lipinski definition) is 32.